The molecule has 2 aromatic carbocycles. The molecule has 3 rings (SSSR count). The van der Waals surface area contributed by atoms with Gasteiger partial charge in [-0.3, -0.25) is 0 Å². The summed E-state index contributed by atoms with van der Waals surface area (Å²) in [7, 11) is 0. The molecule has 4 nitrogen and oxygen atoms in total. The van der Waals surface area contributed by atoms with Gasteiger partial charge in [-0.15, -0.1) is 0 Å². The molecule has 31 heavy (non-hydrogen) atoms. The van der Waals surface area contributed by atoms with E-state index in [1.165, 1.54) is 37.7 Å². The Morgan fingerprint density at radius 3 is 2.48 bits per heavy atom. The van der Waals surface area contributed by atoms with Crippen LogP contribution in [0.3, 0.4) is 0 Å². The van der Waals surface area contributed by atoms with Gasteiger partial charge in [-0.25, -0.2) is 4.79 Å². The molecule has 1 fully saturated rings. The number of carbonyl (C=O) groups excluding carboxylic acids is 1. The van der Waals surface area contributed by atoms with Gasteiger partial charge in [0, 0.05) is 17.7 Å². The Balaban J connectivity index is 1.74. The average Bonchev–Trinajstić information content (AvgIpc) is 2.81. The van der Waals surface area contributed by atoms with E-state index in [1.54, 1.807) is 6.92 Å². The molecular formula is C27H34O4. The van der Waals surface area contributed by atoms with Crippen LogP contribution >= 0.6 is 0 Å². The van der Waals surface area contributed by atoms with Gasteiger partial charge in [-0.05, 0) is 61.3 Å². The third-order valence-electron chi connectivity index (χ3n) is 5.89. The molecule has 0 atom stereocenters. The largest absolute Gasteiger partial charge is 0.489 e. The second-order valence-electron chi connectivity index (χ2n) is 8.38. The third-order valence-corrected chi connectivity index (χ3v) is 5.89. The van der Waals surface area contributed by atoms with Gasteiger partial charge in [0.15, 0.2) is 0 Å². The van der Waals surface area contributed by atoms with E-state index in [0.29, 0.717) is 17.9 Å². The molecule has 166 valence electrons. The molecule has 0 amide bonds. The number of aryl methyl sites for hydroxylation is 1. The average molecular weight is 423 g/mol. The molecule has 0 saturated heterocycles. The van der Waals surface area contributed by atoms with E-state index in [4.69, 9.17) is 14.6 Å². The summed E-state index contributed by atoms with van der Waals surface area (Å²) in [5.41, 5.74) is 5.06. The smallest absolute Gasteiger partial charge is 0.333 e. The first-order chi connectivity index (χ1) is 15.1. The van der Waals surface area contributed by atoms with E-state index >= 15 is 0 Å². The number of carbonyl (C=O) groups is 1. The lowest BCUT2D eigenvalue weighted by molar-refractivity contribution is -0.139. The van der Waals surface area contributed by atoms with Crippen LogP contribution in [0.4, 0.5) is 0 Å². The molecule has 0 heterocycles. The fourth-order valence-electron chi connectivity index (χ4n) is 4.14. The Morgan fingerprint density at radius 2 is 1.81 bits per heavy atom. The summed E-state index contributed by atoms with van der Waals surface area (Å²) in [6.45, 7) is 5.83. The first-order valence-corrected chi connectivity index (χ1v) is 11.4. The quantitative estimate of drug-likeness (QED) is 0.298. The van der Waals surface area contributed by atoms with Gasteiger partial charge in [-0.2, -0.15) is 0 Å². The number of benzene rings is 2. The normalized spacial score (nSPS) is 14.3. The second-order valence-corrected chi connectivity index (χ2v) is 8.38. The maximum absolute atomic E-state index is 11.6. The zero-order chi connectivity index (χ0) is 22.1. The van der Waals surface area contributed by atoms with Gasteiger partial charge >= 0.3 is 5.97 Å². The van der Waals surface area contributed by atoms with Gasteiger partial charge in [0.05, 0.1) is 0 Å². The summed E-state index contributed by atoms with van der Waals surface area (Å²) in [6.07, 6.45) is 8.10. The summed E-state index contributed by atoms with van der Waals surface area (Å²) in [5.74, 6) is 1.05. The van der Waals surface area contributed by atoms with Crippen LogP contribution < -0.4 is 4.74 Å². The molecule has 1 saturated carbocycles. The predicted octanol–water partition coefficient (Wildman–Crippen LogP) is 5.82. The van der Waals surface area contributed by atoms with Crippen molar-refractivity contribution in [3.05, 3.63) is 65.7 Å². The molecule has 1 aliphatic rings. The number of aliphatic hydroxyl groups is 1. The van der Waals surface area contributed by atoms with Crippen molar-refractivity contribution in [3.8, 4) is 16.9 Å². The van der Waals surface area contributed by atoms with Crippen LogP contribution in [0.1, 0.15) is 62.5 Å². The predicted molar refractivity (Wildman–Crippen MR) is 124 cm³/mol. The number of ether oxygens (including phenoxy) is 2. The third kappa shape index (κ3) is 6.70. The van der Waals surface area contributed by atoms with E-state index in [1.807, 2.05) is 6.07 Å². The SMILES string of the molecule is C=C(C)C(=O)OCCOc1cc(CCCO)ccc1-c1ccc(C2CCCCC2)cc1. The van der Waals surface area contributed by atoms with E-state index in [0.717, 1.165) is 28.9 Å². The molecule has 0 spiro atoms. The van der Waals surface area contributed by atoms with Crippen molar-refractivity contribution in [1.82, 2.24) is 0 Å². The highest BCUT2D eigenvalue weighted by Crippen LogP contribution is 2.36. The zero-order valence-corrected chi connectivity index (χ0v) is 18.6. The van der Waals surface area contributed by atoms with E-state index in [9.17, 15) is 4.79 Å². The van der Waals surface area contributed by atoms with Crippen molar-refractivity contribution in [3.63, 3.8) is 0 Å². The van der Waals surface area contributed by atoms with Crippen molar-refractivity contribution in [2.24, 2.45) is 0 Å². The molecule has 1 aliphatic carbocycles. The maximum Gasteiger partial charge on any atom is 0.333 e. The lowest BCUT2D eigenvalue weighted by Gasteiger charge is -2.22. The Morgan fingerprint density at radius 1 is 1.06 bits per heavy atom. The Hall–Kier alpha value is -2.59. The molecular weight excluding hydrogens is 388 g/mol. The van der Waals surface area contributed by atoms with Crippen LogP contribution in [-0.4, -0.2) is 30.9 Å². The highest BCUT2D eigenvalue weighted by Gasteiger charge is 2.16. The van der Waals surface area contributed by atoms with E-state index in [2.05, 4.69) is 43.0 Å². The van der Waals surface area contributed by atoms with Crippen LogP contribution in [0.2, 0.25) is 0 Å². The number of rotatable bonds is 10. The summed E-state index contributed by atoms with van der Waals surface area (Å²) >= 11 is 0. The summed E-state index contributed by atoms with van der Waals surface area (Å²) in [4.78, 5) is 11.6. The Kier molecular flexibility index (Phi) is 8.72. The fraction of sp³-hybridized carbons (Fsp3) is 0.444. The lowest BCUT2D eigenvalue weighted by Crippen LogP contribution is -2.12. The van der Waals surface area contributed by atoms with Gasteiger partial charge in [0.2, 0.25) is 0 Å². The summed E-state index contributed by atoms with van der Waals surface area (Å²) in [5, 5.41) is 9.15. The minimum absolute atomic E-state index is 0.164. The monoisotopic (exact) mass is 422 g/mol. The fourth-order valence-corrected chi connectivity index (χ4v) is 4.14. The minimum Gasteiger partial charge on any atom is -0.489 e. The van der Waals surface area contributed by atoms with Crippen LogP contribution in [0.5, 0.6) is 5.75 Å². The number of esters is 1. The van der Waals surface area contributed by atoms with Crippen molar-refractivity contribution >= 4 is 5.97 Å². The van der Waals surface area contributed by atoms with Crippen molar-refractivity contribution in [2.75, 3.05) is 19.8 Å². The molecule has 4 heteroatoms. The molecule has 2 aromatic rings. The minimum atomic E-state index is -0.404. The molecule has 1 N–H and O–H groups in total. The van der Waals surface area contributed by atoms with Gasteiger partial charge in [0.25, 0.3) is 0 Å². The highest BCUT2D eigenvalue weighted by atomic mass is 16.6. The first-order valence-electron chi connectivity index (χ1n) is 11.4. The second kappa shape index (κ2) is 11.7. The Labute approximate surface area is 185 Å². The van der Waals surface area contributed by atoms with Crippen molar-refractivity contribution in [2.45, 2.75) is 57.8 Å². The maximum atomic E-state index is 11.6. The molecule has 0 aliphatic heterocycles. The number of hydrogen-bond acceptors (Lipinski definition) is 4. The van der Waals surface area contributed by atoms with Gasteiger partial charge < -0.3 is 14.6 Å². The first kappa shape index (κ1) is 23.1. The molecule has 0 radical (unpaired) electrons. The topological polar surface area (TPSA) is 55.8 Å². The van der Waals surface area contributed by atoms with Gasteiger partial charge in [0.1, 0.15) is 19.0 Å². The summed E-state index contributed by atoms with van der Waals surface area (Å²) < 4.78 is 11.2. The Bertz CT molecular complexity index is 863. The van der Waals surface area contributed by atoms with Crippen LogP contribution in [0.15, 0.2) is 54.6 Å². The highest BCUT2D eigenvalue weighted by molar-refractivity contribution is 5.86. The molecule has 0 aromatic heterocycles. The standard InChI is InChI=1S/C27H34O4/c1-20(2)27(29)31-18-17-30-26-19-21(7-6-16-28)10-15-25(26)24-13-11-23(12-14-24)22-8-4-3-5-9-22/h10-15,19,22,28H,1,3-9,16-18H2,2H3. The van der Waals surface area contributed by atoms with Crippen LogP contribution in [0, 0.1) is 0 Å². The number of hydrogen-bond donors (Lipinski definition) is 1. The van der Waals surface area contributed by atoms with Crippen molar-refractivity contribution in [1.29, 1.82) is 0 Å². The van der Waals surface area contributed by atoms with Crippen molar-refractivity contribution < 1.29 is 19.4 Å². The summed E-state index contributed by atoms with van der Waals surface area (Å²) in [6, 6.07) is 15.1. The number of aliphatic hydroxyl groups excluding tert-OH is 1. The lowest BCUT2D eigenvalue weighted by atomic mass is 9.83. The van der Waals surface area contributed by atoms with Crippen LogP contribution in [-0.2, 0) is 16.0 Å². The van der Waals surface area contributed by atoms with Crippen LogP contribution in [0.25, 0.3) is 11.1 Å². The zero-order valence-electron chi connectivity index (χ0n) is 18.6. The molecule has 0 unspecified atom stereocenters. The van der Waals surface area contributed by atoms with E-state index < -0.39 is 5.97 Å². The van der Waals surface area contributed by atoms with E-state index in [-0.39, 0.29) is 19.8 Å². The molecule has 0 bridgehead atoms. The van der Waals surface area contributed by atoms with Gasteiger partial charge in [-0.1, -0.05) is 62.2 Å².